The Morgan fingerprint density at radius 1 is 1.67 bits per heavy atom. The molecule has 0 saturated carbocycles. The van der Waals surface area contributed by atoms with Crippen LogP contribution in [0.25, 0.3) is 0 Å². The van der Waals surface area contributed by atoms with Gasteiger partial charge in [0, 0.05) is 5.34 Å². The number of nitrogens with zero attached hydrogens (tertiary/aromatic N) is 1. The Balaban J connectivity index is 3.26. The Morgan fingerprint density at radius 3 is 1.83 bits per heavy atom. The van der Waals surface area contributed by atoms with Gasteiger partial charge in [-0.3, -0.25) is 0 Å². The van der Waals surface area contributed by atoms with Gasteiger partial charge < -0.3 is 0 Å². The molecule has 0 heterocycles. The fourth-order valence-corrected chi connectivity index (χ4v) is 0. The molecule has 0 aromatic heterocycles. The second-order valence-electron chi connectivity index (χ2n) is 0.486. The quantitative estimate of drug-likeness (QED) is 0.266. The van der Waals surface area contributed by atoms with Crippen LogP contribution in [0.15, 0.2) is 0 Å². The lowest BCUT2D eigenvalue weighted by Crippen LogP contribution is -2.01. The second-order valence-corrected chi connectivity index (χ2v) is 0.809. The van der Waals surface area contributed by atoms with Crippen LogP contribution in [0.3, 0.4) is 0 Å². The highest BCUT2D eigenvalue weighted by molar-refractivity contribution is 6.62. The van der Waals surface area contributed by atoms with E-state index >= 15 is 0 Å². The normalized spacial score (nSPS) is 7.83. The van der Waals surface area contributed by atoms with E-state index in [0.29, 0.717) is 0 Å². The van der Waals surface area contributed by atoms with Gasteiger partial charge in [0.05, 0.1) is 0 Å². The summed E-state index contributed by atoms with van der Waals surface area (Å²) in [6, 6.07) is 0. The zero-order chi connectivity index (χ0) is 5.15. The number of carbonyl (C=O) groups excluding carboxylic acids is 1. The molecule has 0 fully saturated rings. The predicted molar refractivity (Wildman–Crippen MR) is 15.3 cm³/mol. The average molecular weight is 115 g/mol. The van der Waals surface area contributed by atoms with E-state index in [9.17, 15) is 8.96 Å². The van der Waals surface area contributed by atoms with Gasteiger partial charge in [0.1, 0.15) is 0 Å². The van der Waals surface area contributed by atoms with Crippen molar-refractivity contribution in [2.24, 2.45) is 0 Å². The van der Waals surface area contributed by atoms with Gasteiger partial charge in [-0.15, -0.1) is 0 Å². The van der Waals surface area contributed by atoms with E-state index in [1.165, 1.54) is 0 Å². The molecule has 0 aromatic carbocycles. The number of amides is 1. The lowest BCUT2D eigenvalue weighted by atomic mass is 11.4. The van der Waals surface area contributed by atoms with Crippen LogP contribution < -0.4 is 0 Å². The number of halogens is 3. The topological polar surface area (TPSA) is 20.3 Å². The molecular weight excluding hydrogens is 115 g/mol. The van der Waals surface area contributed by atoms with E-state index in [1.54, 1.807) is 0 Å². The first-order valence-corrected chi connectivity index (χ1v) is 1.33. The summed E-state index contributed by atoms with van der Waals surface area (Å²) in [5.41, 5.74) is 0. The van der Waals surface area contributed by atoms with Crippen LogP contribution in [0.1, 0.15) is 0 Å². The summed E-state index contributed by atoms with van der Waals surface area (Å²) in [6.07, 6.45) is 0. The smallest absolute Gasteiger partial charge is 0.250 e. The summed E-state index contributed by atoms with van der Waals surface area (Å²) >= 11 is 4.15. The Hall–Kier alpha value is -0.380. The van der Waals surface area contributed by atoms with E-state index in [4.69, 9.17) is 4.79 Å². The van der Waals surface area contributed by atoms with Crippen LogP contribution >= 0.6 is 11.6 Å². The Kier molecular flexibility index (Phi) is 1.80. The largest absolute Gasteiger partial charge is 0.375 e. The third-order valence-corrected chi connectivity index (χ3v) is 0.261. The number of rotatable bonds is 0. The van der Waals surface area contributed by atoms with E-state index in [0.717, 1.165) is 0 Å². The predicted octanol–water partition coefficient (Wildman–Crippen LogP) is 1.42. The Bertz CT molecular complexity index is 64.6. The van der Waals surface area contributed by atoms with Crippen molar-refractivity contribution >= 4 is 17.0 Å². The van der Waals surface area contributed by atoms with Gasteiger partial charge in [-0.05, 0) is 11.6 Å². The second kappa shape index (κ2) is 1.92. The molecule has 36 valence electrons. The molecule has 0 aliphatic carbocycles. The molecule has 0 N–H and O–H groups in total. The molecule has 0 spiro atoms. The van der Waals surface area contributed by atoms with Gasteiger partial charge in [0.25, 0.3) is 0 Å². The number of hydrogen-bond acceptors (Lipinski definition) is 1. The molecule has 5 heteroatoms. The summed E-state index contributed by atoms with van der Waals surface area (Å²) in [5, 5.41) is -3.48. The molecule has 0 unspecified atom stereocenters. The zero-order valence-corrected chi connectivity index (χ0v) is 3.25. The highest BCUT2D eigenvalue weighted by atomic mass is 35.5. The minimum Gasteiger partial charge on any atom is -0.250 e. The van der Waals surface area contributed by atoms with E-state index in [2.05, 4.69) is 11.6 Å². The van der Waals surface area contributed by atoms with E-state index < -0.39 is 10.7 Å². The van der Waals surface area contributed by atoms with Gasteiger partial charge in [0.2, 0.25) is 0 Å². The maximum atomic E-state index is 10.5. The zero-order valence-electron chi connectivity index (χ0n) is 2.49. The van der Waals surface area contributed by atoms with Crippen LogP contribution in [0, 0.1) is 0 Å². The summed E-state index contributed by atoms with van der Waals surface area (Å²) in [4.78, 5) is 9.08. The molecule has 1 amide bonds. The minimum absolute atomic E-state index is 1.71. The summed E-state index contributed by atoms with van der Waals surface area (Å²) in [7, 11) is 0. The van der Waals surface area contributed by atoms with Crippen LogP contribution in [0.5, 0.6) is 0 Å². The molecule has 0 bridgehead atoms. The first-order chi connectivity index (χ1) is 2.64. The van der Waals surface area contributed by atoms with Crippen LogP contribution in [0.4, 0.5) is 13.8 Å². The van der Waals surface area contributed by atoms with Crippen molar-refractivity contribution in [3.05, 3.63) is 0 Å². The van der Waals surface area contributed by atoms with Crippen molar-refractivity contribution in [1.82, 2.24) is 5.34 Å². The van der Waals surface area contributed by atoms with Crippen molar-refractivity contribution < 1.29 is 13.8 Å². The standard InChI is InChI=1S/CClF2NO/c2-1(6)5(3)4. The molecule has 0 saturated heterocycles. The Labute approximate surface area is 37.2 Å². The monoisotopic (exact) mass is 115 g/mol. The third-order valence-electron chi connectivity index (χ3n) is 0.133. The summed E-state index contributed by atoms with van der Waals surface area (Å²) < 4.78 is 21.0. The SMILES string of the molecule is O=C(Cl)N(F)F. The van der Waals surface area contributed by atoms with Crippen molar-refractivity contribution in [2.75, 3.05) is 0 Å². The first-order valence-electron chi connectivity index (χ1n) is 0.955. The van der Waals surface area contributed by atoms with E-state index in [-0.39, 0.29) is 0 Å². The van der Waals surface area contributed by atoms with Gasteiger partial charge in [0.15, 0.2) is 0 Å². The fourth-order valence-electron chi connectivity index (χ4n) is 0. The fraction of sp³-hybridized carbons (Fsp3) is 0. The van der Waals surface area contributed by atoms with Gasteiger partial charge in [-0.1, -0.05) is 8.96 Å². The highest BCUT2D eigenvalue weighted by Crippen LogP contribution is 1.94. The highest BCUT2D eigenvalue weighted by Gasteiger charge is 2.03. The van der Waals surface area contributed by atoms with Crippen molar-refractivity contribution in [1.29, 1.82) is 0 Å². The summed E-state index contributed by atoms with van der Waals surface area (Å²) in [5.74, 6) is 0. The van der Waals surface area contributed by atoms with Gasteiger partial charge >= 0.3 is 5.37 Å². The van der Waals surface area contributed by atoms with Crippen LogP contribution in [0.2, 0.25) is 0 Å². The molecule has 0 aromatic rings. The molecule has 0 aliphatic rings. The third kappa shape index (κ3) is 1.90. The van der Waals surface area contributed by atoms with Crippen molar-refractivity contribution in [2.45, 2.75) is 0 Å². The number of carbonyl (C=O) groups is 1. The molecule has 0 atom stereocenters. The Morgan fingerprint density at radius 2 is 1.83 bits per heavy atom. The van der Waals surface area contributed by atoms with Crippen LogP contribution in [-0.4, -0.2) is 10.7 Å². The van der Waals surface area contributed by atoms with E-state index in [1.807, 2.05) is 0 Å². The molecule has 0 rings (SSSR count). The molecule has 0 aliphatic heterocycles. The molecule has 6 heavy (non-hydrogen) atoms. The maximum absolute atomic E-state index is 10.5. The van der Waals surface area contributed by atoms with Crippen LogP contribution in [-0.2, 0) is 0 Å². The minimum atomic E-state index is -1.77. The summed E-state index contributed by atoms with van der Waals surface area (Å²) in [6.45, 7) is 0. The van der Waals surface area contributed by atoms with Gasteiger partial charge in [-0.2, -0.15) is 0 Å². The number of hydrogen-bond donors (Lipinski definition) is 0. The molecule has 2 nitrogen and oxygen atoms in total. The lowest BCUT2D eigenvalue weighted by Gasteiger charge is -1.84. The van der Waals surface area contributed by atoms with Gasteiger partial charge in [-0.25, -0.2) is 4.79 Å². The van der Waals surface area contributed by atoms with Crippen molar-refractivity contribution in [3.63, 3.8) is 0 Å². The maximum Gasteiger partial charge on any atom is 0.375 e. The molecule has 0 radical (unpaired) electrons. The average Bonchev–Trinajstić information content (AvgIpc) is 1.36. The van der Waals surface area contributed by atoms with Crippen molar-refractivity contribution in [3.8, 4) is 0 Å². The molecular formula is CClF2NO. The first kappa shape index (κ1) is 5.62. The lowest BCUT2D eigenvalue weighted by molar-refractivity contribution is -0.0885.